The molecule has 0 aliphatic rings. The molecule has 32 heavy (non-hydrogen) atoms. The van der Waals surface area contributed by atoms with E-state index in [4.69, 9.17) is 30.2 Å². The molecule has 7 nitrogen and oxygen atoms in total. The molecule has 4 heterocycles. The number of methoxy groups -OCH3 is 2. The Kier molecular flexibility index (Phi) is 6.26. The Hall–Kier alpha value is -4.00. The van der Waals surface area contributed by atoms with Gasteiger partial charge in [0.1, 0.15) is 5.82 Å². The zero-order chi connectivity index (χ0) is 22.5. The minimum Gasteiger partial charge on any atom is -0.481 e. The summed E-state index contributed by atoms with van der Waals surface area (Å²) in [5.41, 5.74) is 10.2. The Labute approximate surface area is 187 Å². The van der Waals surface area contributed by atoms with E-state index in [-0.39, 0.29) is 11.8 Å². The van der Waals surface area contributed by atoms with E-state index in [1.165, 1.54) is 0 Å². The molecule has 0 amide bonds. The van der Waals surface area contributed by atoms with Crippen molar-refractivity contribution >= 4 is 5.82 Å². The van der Waals surface area contributed by atoms with Gasteiger partial charge in [-0.15, -0.1) is 0 Å². The Balaban J connectivity index is 1.99. The molecule has 1 atom stereocenters. The Morgan fingerprint density at radius 2 is 1.03 bits per heavy atom. The third-order valence-corrected chi connectivity index (χ3v) is 5.22. The van der Waals surface area contributed by atoms with Gasteiger partial charge in [0.05, 0.1) is 48.8 Å². The van der Waals surface area contributed by atoms with Crippen molar-refractivity contribution in [2.45, 2.75) is 18.8 Å². The molecule has 0 aliphatic carbocycles. The molecule has 2 N–H and O–H groups in total. The Bertz CT molecular complexity index is 1120. The highest BCUT2D eigenvalue weighted by atomic mass is 16.5. The second-order valence-electron chi connectivity index (χ2n) is 7.36. The van der Waals surface area contributed by atoms with Gasteiger partial charge in [0.25, 0.3) is 0 Å². The molecular formula is C25H25N5O2. The van der Waals surface area contributed by atoms with E-state index >= 15 is 0 Å². The molecule has 4 rings (SSSR count). The van der Waals surface area contributed by atoms with E-state index in [9.17, 15) is 0 Å². The van der Waals surface area contributed by atoms with E-state index in [2.05, 4.69) is 4.98 Å². The van der Waals surface area contributed by atoms with E-state index < -0.39 is 0 Å². The van der Waals surface area contributed by atoms with Crippen LogP contribution in [0.25, 0.3) is 0 Å². The lowest BCUT2D eigenvalue weighted by Gasteiger charge is -2.27. The second kappa shape index (κ2) is 9.43. The van der Waals surface area contributed by atoms with Gasteiger partial charge in [0, 0.05) is 17.8 Å². The third-order valence-electron chi connectivity index (χ3n) is 5.22. The van der Waals surface area contributed by atoms with Crippen molar-refractivity contribution in [3.63, 3.8) is 0 Å². The van der Waals surface area contributed by atoms with Gasteiger partial charge in [0.2, 0.25) is 11.8 Å². The number of ether oxygens (including phenoxy) is 2. The van der Waals surface area contributed by atoms with Crippen molar-refractivity contribution < 1.29 is 9.47 Å². The van der Waals surface area contributed by atoms with E-state index in [0.29, 0.717) is 17.6 Å². The average molecular weight is 428 g/mol. The molecule has 4 aromatic rings. The summed E-state index contributed by atoms with van der Waals surface area (Å²) in [6.45, 7) is 1.97. The van der Waals surface area contributed by atoms with Gasteiger partial charge in [0.15, 0.2) is 0 Å². The highest BCUT2D eigenvalue weighted by Gasteiger charge is 2.33. The average Bonchev–Trinajstić information content (AvgIpc) is 2.82. The predicted molar refractivity (Wildman–Crippen MR) is 123 cm³/mol. The number of nitrogens with zero attached hydrogens (tertiary/aromatic N) is 4. The van der Waals surface area contributed by atoms with Gasteiger partial charge in [-0.3, -0.25) is 4.98 Å². The molecule has 0 saturated heterocycles. The molecule has 162 valence electrons. The van der Waals surface area contributed by atoms with Crippen molar-refractivity contribution in [1.29, 1.82) is 0 Å². The van der Waals surface area contributed by atoms with Gasteiger partial charge >= 0.3 is 0 Å². The smallest absolute Gasteiger partial charge is 0.213 e. The number of hydrogen-bond donors (Lipinski definition) is 1. The van der Waals surface area contributed by atoms with Gasteiger partial charge < -0.3 is 15.2 Å². The fourth-order valence-electron chi connectivity index (χ4n) is 3.80. The van der Waals surface area contributed by atoms with Gasteiger partial charge in [-0.2, -0.15) is 0 Å². The summed E-state index contributed by atoms with van der Waals surface area (Å²) in [4.78, 5) is 19.0. The maximum absolute atomic E-state index is 6.07. The van der Waals surface area contributed by atoms with Crippen molar-refractivity contribution in [1.82, 2.24) is 19.9 Å². The van der Waals surface area contributed by atoms with E-state index in [1.54, 1.807) is 20.3 Å². The maximum atomic E-state index is 6.07. The summed E-state index contributed by atoms with van der Waals surface area (Å²) >= 11 is 0. The highest BCUT2D eigenvalue weighted by molar-refractivity contribution is 5.41. The first-order valence-electron chi connectivity index (χ1n) is 10.3. The number of aromatic nitrogens is 4. The number of nitrogen functional groups attached to an aromatic ring is 1. The van der Waals surface area contributed by atoms with Crippen molar-refractivity contribution in [3.8, 4) is 11.8 Å². The second-order valence-corrected chi connectivity index (χ2v) is 7.36. The standard InChI is InChI=1S/C25H25N5O2/c1-16-8-4-9-17(27-16)24(18-10-5-13-21(26)28-18)25(19-11-6-14-22(29-19)31-2)20-12-7-15-23(30-20)32-3/h4-15,24-25H,1-3H3,(H2,26,28). The molecule has 0 spiro atoms. The van der Waals surface area contributed by atoms with Crippen LogP contribution in [0.1, 0.15) is 40.3 Å². The first-order valence-corrected chi connectivity index (χ1v) is 10.3. The summed E-state index contributed by atoms with van der Waals surface area (Å²) in [6.07, 6.45) is 0. The first kappa shape index (κ1) is 21.2. The third kappa shape index (κ3) is 4.51. The Morgan fingerprint density at radius 1 is 0.594 bits per heavy atom. The molecule has 0 aliphatic heterocycles. The Morgan fingerprint density at radius 3 is 1.50 bits per heavy atom. The topological polar surface area (TPSA) is 96.0 Å². The lowest BCUT2D eigenvalue weighted by atomic mass is 9.81. The lowest BCUT2D eigenvalue weighted by Crippen LogP contribution is -2.20. The van der Waals surface area contributed by atoms with Crippen molar-refractivity contribution in [3.05, 3.63) is 101 Å². The zero-order valence-corrected chi connectivity index (χ0v) is 18.3. The number of rotatable bonds is 7. The number of anilines is 1. The summed E-state index contributed by atoms with van der Waals surface area (Å²) < 4.78 is 10.8. The fraction of sp³-hybridized carbons (Fsp3) is 0.200. The molecule has 4 aromatic heterocycles. The van der Waals surface area contributed by atoms with Crippen LogP contribution in [0, 0.1) is 6.92 Å². The molecule has 0 bridgehead atoms. The van der Waals surface area contributed by atoms with Crippen LogP contribution in [0.4, 0.5) is 5.82 Å². The van der Waals surface area contributed by atoms with Crippen LogP contribution in [-0.4, -0.2) is 34.2 Å². The molecule has 0 fully saturated rings. The van der Waals surface area contributed by atoms with Crippen LogP contribution in [0.3, 0.4) is 0 Å². The molecule has 0 aromatic carbocycles. The molecule has 0 saturated carbocycles. The number of hydrogen-bond acceptors (Lipinski definition) is 7. The van der Waals surface area contributed by atoms with Crippen LogP contribution < -0.4 is 15.2 Å². The predicted octanol–water partition coefficient (Wildman–Crippen LogP) is 4.14. The largest absolute Gasteiger partial charge is 0.481 e. The summed E-state index contributed by atoms with van der Waals surface area (Å²) in [7, 11) is 3.20. The quantitative estimate of drug-likeness (QED) is 0.473. The monoisotopic (exact) mass is 427 g/mol. The SMILES string of the molecule is COc1cccc(C(c2cccc(OC)n2)C(c2cccc(C)n2)c2cccc(N)n2)n1. The first-order chi connectivity index (χ1) is 15.6. The number of aryl methyl sites for hydroxylation is 1. The zero-order valence-electron chi connectivity index (χ0n) is 18.3. The van der Waals surface area contributed by atoms with Gasteiger partial charge in [-0.05, 0) is 43.3 Å². The van der Waals surface area contributed by atoms with Crippen LogP contribution in [-0.2, 0) is 0 Å². The molecule has 0 radical (unpaired) electrons. The maximum Gasteiger partial charge on any atom is 0.213 e. The summed E-state index contributed by atoms with van der Waals surface area (Å²) in [6, 6.07) is 23.0. The van der Waals surface area contributed by atoms with Crippen LogP contribution >= 0.6 is 0 Å². The molecule has 7 heteroatoms. The highest BCUT2D eigenvalue weighted by Crippen LogP contribution is 2.41. The fourth-order valence-corrected chi connectivity index (χ4v) is 3.80. The summed E-state index contributed by atoms with van der Waals surface area (Å²) in [5.74, 6) is 0.872. The lowest BCUT2D eigenvalue weighted by molar-refractivity contribution is 0.391. The van der Waals surface area contributed by atoms with Crippen LogP contribution in [0.5, 0.6) is 11.8 Å². The molecule has 1 unspecified atom stereocenters. The normalized spacial score (nSPS) is 11.9. The number of nitrogens with two attached hydrogens (primary N) is 1. The van der Waals surface area contributed by atoms with Crippen molar-refractivity contribution in [2.75, 3.05) is 20.0 Å². The number of pyridine rings is 4. The summed E-state index contributed by atoms with van der Waals surface area (Å²) in [5, 5.41) is 0. The minimum absolute atomic E-state index is 0.294. The minimum atomic E-state index is -0.316. The van der Waals surface area contributed by atoms with Gasteiger partial charge in [-0.1, -0.05) is 24.3 Å². The van der Waals surface area contributed by atoms with Gasteiger partial charge in [-0.25, -0.2) is 15.0 Å². The van der Waals surface area contributed by atoms with Crippen molar-refractivity contribution in [2.24, 2.45) is 0 Å². The van der Waals surface area contributed by atoms with Crippen LogP contribution in [0.15, 0.2) is 72.8 Å². The van der Waals surface area contributed by atoms with E-state index in [0.717, 1.165) is 28.5 Å². The van der Waals surface area contributed by atoms with Crippen LogP contribution in [0.2, 0.25) is 0 Å². The molecular weight excluding hydrogens is 402 g/mol. The van der Waals surface area contributed by atoms with E-state index in [1.807, 2.05) is 73.7 Å².